The predicted octanol–water partition coefficient (Wildman–Crippen LogP) is 3.57. The average molecular weight is 439 g/mol. The van der Waals surface area contributed by atoms with Crippen molar-refractivity contribution in [3.8, 4) is 0 Å². The van der Waals surface area contributed by atoms with Crippen LogP contribution in [-0.2, 0) is 16.0 Å². The summed E-state index contributed by atoms with van der Waals surface area (Å²) in [7, 11) is 1.85. The highest BCUT2D eigenvalue weighted by molar-refractivity contribution is 7.22. The third kappa shape index (κ3) is 4.32. The lowest BCUT2D eigenvalue weighted by atomic mass is 9.95. The number of nitrogen functional groups attached to an aromatic ring is 1. The van der Waals surface area contributed by atoms with E-state index in [9.17, 15) is 9.59 Å². The number of likely N-dealkylation sites (tertiary alicyclic amines) is 1. The Bertz CT molecular complexity index is 1130. The van der Waals surface area contributed by atoms with Crippen molar-refractivity contribution >= 4 is 50.0 Å². The molecule has 162 valence electrons. The van der Waals surface area contributed by atoms with Gasteiger partial charge in [0, 0.05) is 13.6 Å². The lowest BCUT2D eigenvalue weighted by Crippen LogP contribution is -2.44. The van der Waals surface area contributed by atoms with E-state index >= 15 is 0 Å². The third-order valence-electron chi connectivity index (χ3n) is 5.61. The zero-order chi connectivity index (χ0) is 22.0. The van der Waals surface area contributed by atoms with Crippen LogP contribution in [0.15, 0.2) is 30.5 Å². The van der Waals surface area contributed by atoms with Crippen molar-refractivity contribution in [3.05, 3.63) is 41.6 Å². The van der Waals surface area contributed by atoms with Crippen molar-refractivity contribution in [2.24, 2.45) is 0 Å². The summed E-state index contributed by atoms with van der Waals surface area (Å²) in [5, 5.41) is 6.61. The molecular formula is C22H26N6O2S. The Kier molecular flexibility index (Phi) is 6.03. The van der Waals surface area contributed by atoms with Gasteiger partial charge in [0.05, 0.1) is 28.1 Å². The number of piperidine rings is 1. The molecule has 1 aliphatic heterocycles. The van der Waals surface area contributed by atoms with Crippen molar-refractivity contribution in [2.75, 3.05) is 30.0 Å². The van der Waals surface area contributed by atoms with Gasteiger partial charge in [-0.15, -0.1) is 0 Å². The first kappa shape index (κ1) is 21.0. The number of carbonyl (C=O) groups is 2. The van der Waals surface area contributed by atoms with E-state index < -0.39 is 11.8 Å². The van der Waals surface area contributed by atoms with Gasteiger partial charge in [-0.25, -0.2) is 9.97 Å². The molecule has 0 radical (unpaired) electrons. The number of hydrogen-bond acceptors (Lipinski definition) is 7. The van der Waals surface area contributed by atoms with Crippen molar-refractivity contribution in [1.82, 2.24) is 14.9 Å². The molecule has 3 heterocycles. The zero-order valence-corrected chi connectivity index (χ0v) is 18.5. The number of nitrogens with two attached hydrogens (primary N) is 1. The first-order chi connectivity index (χ1) is 15.0. The molecule has 1 saturated heterocycles. The lowest BCUT2D eigenvalue weighted by Gasteiger charge is -2.35. The van der Waals surface area contributed by atoms with E-state index in [1.54, 1.807) is 22.3 Å². The summed E-state index contributed by atoms with van der Waals surface area (Å²) < 4.78 is 1.09. The molecule has 4 rings (SSSR count). The van der Waals surface area contributed by atoms with Crippen molar-refractivity contribution < 1.29 is 9.59 Å². The Morgan fingerprint density at radius 1 is 1.29 bits per heavy atom. The van der Waals surface area contributed by atoms with E-state index in [1.807, 2.05) is 32.2 Å². The van der Waals surface area contributed by atoms with E-state index in [2.05, 4.69) is 20.6 Å². The fraction of sp³-hybridized carbons (Fsp3) is 0.364. The number of anilines is 3. The number of rotatable bonds is 4. The van der Waals surface area contributed by atoms with Crippen LogP contribution in [0.25, 0.3) is 10.2 Å². The molecule has 0 aliphatic carbocycles. The number of aryl methyl sites for hydroxylation is 1. The number of benzene rings is 1. The molecule has 3 aromatic rings. The first-order valence-electron chi connectivity index (χ1n) is 10.4. The Labute approximate surface area is 184 Å². The molecule has 2 amide bonds. The molecule has 1 atom stereocenters. The minimum Gasteiger partial charge on any atom is -0.383 e. The number of hydrogen-bond donors (Lipinski definition) is 3. The molecule has 2 aromatic heterocycles. The molecule has 0 bridgehead atoms. The molecule has 0 saturated carbocycles. The number of fused-ring (bicyclic) bond motifs is 1. The fourth-order valence-corrected chi connectivity index (χ4v) is 4.77. The van der Waals surface area contributed by atoms with Crippen LogP contribution in [0.5, 0.6) is 0 Å². The predicted molar refractivity (Wildman–Crippen MR) is 124 cm³/mol. The largest absolute Gasteiger partial charge is 0.383 e. The normalized spacial score (nSPS) is 16.3. The van der Waals surface area contributed by atoms with Gasteiger partial charge in [0.25, 0.3) is 0 Å². The second kappa shape index (κ2) is 8.89. The average Bonchev–Trinajstić information content (AvgIpc) is 3.22. The lowest BCUT2D eigenvalue weighted by molar-refractivity contribution is -0.145. The molecule has 1 fully saturated rings. The molecule has 1 aromatic carbocycles. The molecule has 9 heteroatoms. The summed E-state index contributed by atoms with van der Waals surface area (Å²) in [6.45, 7) is 2.51. The summed E-state index contributed by atoms with van der Waals surface area (Å²) in [5.74, 6) is -0.761. The summed E-state index contributed by atoms with van der Waals surface area (Å²) in [5.41, 5.74) is 9.04. The number of nitrogens with one attached hydrogen (secondary N) is 2. The molecule has 0 unspecified atom stereocenters. The second-order valence-corrected chi connectivity index (χ2v) is 8.61. The van der Waals surface area contributed by atoms with Gasteiger partial charge in [-0.05, 0) is 55.0 Å². The Morgan fingerprint density at radius 2 is 2.13 bits per heavy atom. The fourth-order valence-electron chi connectivity index (χ4n) is 3.97. The molecule has 31 heavy (non-hydrogen) atoms. The van der Waals surface area contributed by atoms with Crippen LogP contribution in [0, 0.1) is 0 Å². The Morgan fingerprint density at radius 3 is 2.90 bits per heavy atom. The highest BCUT2D eigenvalue weighted by atomic mass is 32.1. The quantitative estimate of drug-likeness (QED) is 0.537. The number of nitrogens with zero attached hydrogens (tertiary/aromatic N) is 3. The minimum atomic E-state index is -0.660. The minimum absolute atomic E-state index is 0.146. The number of aromatic nitrogens is 2. The third-order valence-corrected chi connectivity index (χ3v) is 6.66. The van der Waals surface area contributed by atoms with Gasteiger partial charge in [-0.1, -0.05) is 24.3 Å². The van der Waals surface area contributed by atoms with E-state index in [4.69, 9.17) is 5.73 Å². The number of carbonyl (C=O) groups excluding carboxylic acids is 2. The molecule has 0 spiro atoms. The van der Waals surface area contributed by atoms with Crippen molar-refractivity contribution in [1.29, 1.82) is 0 Å². The van der Waals surface area contributed by atoms with Crippen LogP contribution in [0.4, 0.5) is 16.6 Å². The van der Waals surface area contributed by atoms with Gasteiger partial charge < -0.3 is 21.3 Å². The number of amides is 2. The SMILES string of the molecule is CCc1cc(NC(=O)C(=O)N2CCCC[C@H]2c2ccc3sc(NC)nc3c2)cnc1N. The summed E-state index contributed by atoms with van der Waals surface area (Å²) in [4.78, 5) is 36.2. The molecule has 1 aliphatic rings. The number of thiazole rings is 1. The maximum atomic E-state index is 13.1. The van der Waals surface area contributed by atoms with Crippen molar-refractivity contribution in [3.63, 3.8) is 0 Å². The van der Waals surface area contributed by atoms with Crippen LogP contribution in [0.3, 0.4) is 0 Å². The van der Waals surface area contributed by atoms with Gasteiger partial charge in [0.1, 0.15) is 5.82 Å². The van der Waals surface area contributed by atoms with Gasteiger partial charge >= 0.3 is 11.8 Å². The summed E-state index contributed by atoms with van der Waals surface area (Å²) in [6.07, 6.45) is 4.87. The highest BCUT2D eigenvalue weighted by Gasteiger charge is 2.32. The van der Waals surface area contributed by atoms with E-state index in [0.29, 0.717) is 24.5 Å². The van der Waals surface area contributed by atoms with E-state index in [0.717, 1.165) is 45.7 Å². The smallest absolute Gasteiger partial charge is 0.313 e. The van der Waals surface area contributed by atoms with E-state index in [1.165, 1.54) is 6.20 Å². The molecular weight excluding hydrogens is 412 g/mol. The van der Waals surface area contributed by atoms with Crippen LogP contribution in [0.1, 0.15) is 43.4 Å². The van der Waals surface area contributed by atoms with Crippen molar-refractivity contribution in [2.45, 2.75) is 38.6 Å². The van der Waals surface area contributed by atoms with Gasteiger partial charge in [-0.2, -0.15) is 0 Å². The monoisotopic (exact) mass is 438 g/mol. The molecule has 4 N–H and O–H groups in total. The number of pyridine rings is 1. The second-order valence-electron chi connectivity index (χ2n) is 7.58. The zero-order valence-electron chi connectivity index (χ0n) is 17.6. The van der Waals surface area contributed by atoms with Crippen LogP contribution in [0.2, 0.25) is 0 Å². The van der Waals surface area contributed by atoms with Gasteiger partial charge in [0.15, 0.2) is 5.13 Å². The maximum absolute atomic E-state index is 13.1. The Hall–Kier alpha value is -3.20. The topological polar surface area (TPSA) is 113 Å². The maximum Gasteiger partial charge on any atom is 0.313 e. The van der Waals surface area contributed by atoms with Crippen LogP contribution in [-0.4, -0.2) is 40.3 Å². The standard InChI is InChI=1S/C22H26N6O2S/c1-3-13-10-15(12-25-19(13)23)26-20(29)21(30)28-9-5-4-6-17(28)14-7-8-18-16(11-14)27-22(24-2)31-18/h7-8,10-12,17H,3-6,9H2,1-2H3,(H2,23,25)(H,24,27)(H,26,29)/t17-/m0/s1. The van der Waals surface area contributed by atoms with E-state index in [-0.39, 0.29) is 6.04 Å². The van der Waals surface area contributed by atoms with Crippen LogP contribution < -0.4 is 16.4 Å². The summed E-state index contributed by atoms with van der Waals surface area (Å²) in [6, 6.07) is 7.71. The van der Waals surface area contributed by atoms with Gasteiger partial charge in [0.2, 0.25) is 0 Å². The Balaban J connectivity index is 1.55. The highest BCUT2D eigenvalue weighted by Crippen LogP contribution is 2.34. The van der Waals surface area contributed by atoms with Gasteiger partial charge in [-0.3, -0.25) is 9.59 Å². The van der Waals surface area contributed by atoms with Crippen LogP contribution >= 0.6 is 11.3 Å². The first-order valence-corrected chi connectivity index (χ1v) is 11.3. The molecule has 8 nitrogen and oxygen atoms in total. The summed E-state index contributed by atoms with van der Waals surface area (Å²) >= 11 is 1.59.